The monoisotopic (exact) mass is 413 g/mol. The van der Waals surface area contributed by atoms with Gasteiger partial charge in [0.25, 0.3) is 5.91 Å². The molecule has 7 nitrogen and oxygen atoms in total. The van der Waals surface area contributed by atoms with Crippen molar-refractivity contribution in [2.75, 3.05) is 44.3 Å². The molecule has 0 saturated carbocycles. The molecule has 0 unspecified atom stereocenters. The first-order chi connectivity index (χ1) is 14.0. The van der Waals surface area contributed by atoms with Gasteiger partial charge in [-0.05, 0) is 37.5 Å². The second-order valence-electron chi connectivity index (χ2n) is 7.51. The maximum Gasteiger partial charge on any atom is 0.280 e. The van der Waals surface area contributed by atoms with Crippen LogP contribution < -0.4 is 4.90 Å². The number of rotatable bonds is 6. The summed E-state index contributed by atoms with van der Waals surface area (Å²) in [5.74, 6) is -0.0954. The number of aryl methyl sites for hydroxylation is 3. The van der Waals surface area contributed by atoms with Crippen molar-refractivity contribution in [3.05, 3.63) is 41.2 Å². The highest BCUT2D eigenvalue weighted by Crippen LogP contribution is 2.33. The highest BCUT2D eigenvalue weighted by atomic mass is 32.1. The molecule has 1 aliphatic heterocycles. The summed E-state index contributed by atoms with van der Waals surface area (Å²) < 4.78 is 8.23. The van der Waals surface area contributed by atoms with Gasteiger partial charge in [0.15, 0.2) is 10.8 Å². The number of aromatic nitrogens is 3. The third kappa shape index (κ3) is 4.34. The molecule has 0 aliphatic carbocycles. The van der Waals surface area contributed by atoms with E-state index in [1.807, 2.05) is 7.05 Å². The fraction of sp³-hybridized carbons (Fsp3) is 0.476. The van der Waals surface area contributed by atoms with Crippen LogP contribution in [0.5, 0.6) is 0 Å². The maximum absolute atomic E-state index is 13.3. The van der Waals surface area contributed by atoms with Crippen LogP contribution in [0.3, 0.4) is 0 Å². The molecule has 8 heteroatoms. The van der Waals surface area contributed by atoms with Crippen LogP contribution in [0.15, 0.2) is 24.4 Å². The molecule has 0 spiro atoms. The van der Waals surface area contributed by atoms with Crippen molar-refractivity contribution in [2.24, 2.45) is 7.05 Å². The molecule has 3 aromatic rings. The molecule has 2 aromatic heterocycles. The van der Waals surface area contributed by atoms with Crippen LogP contribution in [-0.4, -0.2) is 65.0 Å². The topological polar surface area (TPSA) is 63.5 Å². The Morgan fingerprint density at radius 1 is 1.21 bits per heavy atom. The third-order valence-electron chi connectivity index (χ3n) is 5.30. The lowest BCUT2D eigenvalue weighted by Crippen LogP contribution is -2.39. The molecular weight excluding hydrogens is 386 g/mol. The van der Waals surface area contributed by atoms with Gasteiger partial charge in [0.1, 0.15) is 0 Å². The van der Waals surface area contributed by atoms with Gasteiger partial charge >= 0.3 is 0 Å². The second-order valence-corrected chi connectivity index (χ2v) is 8.49. The number of hydrogen-bond donors (Lipinski definition) is 0. The number of fused-ring (bicyclic) bond motifs is 1. The van der Waals surface area contributed by atoms with E-state index in [-0.39, 0.29) is 5.91 Å². The first kappa shape index (κ1) is 20.0. The molecule has 1 aromatic carbocycles. The van der Waals surface area contributed by atoms with E-state index in [0.717, 1.165) is 60.2 Å². The van der Waals surface area contributed by atoms with Gasteiger partial charge in [0.05, 0.1) is 23.4 Å². The molecular formula is C21H27N5O2S. The van der Waals surface area contributed by atoms with Crippen LogP contribution >= 0.6 is 11.3 Å². The molecule has 1 saturated heterocycles. The van der Waals surface area contributed by atoms with Crippen molar-refractivity contribution in [1.82, 2.24) is 19.7 Å². The zero-order valence-corrected chi connectivity index (χ0v) is 18.0. The fourth-order valence-corrected chi connectivity index (χ4v) is 4.73. The van der Waals surface area contributed by atoms with Gasteiger partial charge in [-0.1, -0.05) is 23.5 Å². The summed E-state index contributed by atoms with van der Waals surface area (Å²) >= 11 is 1.59. The number of carbonyl (C=O) groups is 1. The Balaban J connectivity index is 1.59. The smallest absolute Gasteiger partial charge is 0.280 e. The van der Waals surface area contributed by atoms with Crippen LogP contribution in [0.25, 0.3) is 10.2 Å². The largest absolute Gasteiger partial charge is 0.379 e. The Morgan fingerprint density at radius 2 is 1.97 bits per heavy atom. The molecule has 29 heavy (non-hydrogen) atoms. The molecule has 1 aliphatic rings. The highest BCUT2D eigenvalue weighted by molar-refractivity contribution is 7.22. The van der Waals surface area contributed by atoms with Gasteiger partial charge in [-0.25, -0.2) is 4.98 Å². The number of amides is 1. The van der Waals surface area contributed by atoms with Gasteiger partial charge in [0, 0.05) is 39.4 Å². The quantitative estimate of drug-likeness (QED) is 0.622. The van der Waals surface area contributed by atoms with E-state index in [9.17, 15) is 4.79 Å². The SMILES string of the molecule is Cc1ccc(C)c2sc(N(CCCN3CCOCC3)C(=O)c3ccn(C)n3)nc12. The Bertz CT molecular complexity index is 967. The van der Waals surface area contributed by atoms with Crippen molar-refractivity contribution in [3.8, 4) is 0 Å². The van der Waals surface area contributed by atoms with E-state index < -0.39 is 0 Å². The van der Waals surface area contributed by atoms with E-state index >= 15 is 0 Å². The molecule has 1 fully saturated rings. The van der Waals surface area contributed by atoms with Gasteiger partial charge in [0.2, 0.25) is 0 Å². The highest BCUT2D eigenvalue weighted by Gasteiger charge is 2.24. The van der Waals surface area contributed by atoms with Crippen LogP contribution in [0.2, 0.25) is 0 Å². The summed E-state index contributed by atoms with van der Waals surface area (Å²) in [6.07, 6.45) is 2.68. The first-order valence-electron chi connectivity index (χ1n) is 10.0. The van der Waals surface area contributed by atoms with Crippen molar-refractivity contribution in [1.29, 1.82) is 0 Å². The number of thiazole rings is 1. The lowest BCUT2D eigenvalue weighted by molar-refractivity contribution is 0.0376. The molecule has 0 N–H and O–H groups in total. The molecule has 4 rings (SSSR count). The van der Waals surface area contributed by atoms with E-state index in [1.165, 1.54) is 5.56 Å². The minimum atomic E-state index is -0.0954. The van der Waals surface area contributed by atoms with Crippen molar-refractivity contribution in [2.45, 2.75) is 20.3 Å². The van der Waals surface area contributed by atoms with Gasteiger partial charge in [-0.15, -0.1) is 0 Å². The summed E-state index contributed by atoms with van der Waals surface area (Å²) in [7, 11) is 1.82. The van der Waals surface area contributed by atoms with E-state index in [1.54, 1.807) is 33.2 Å². The van der Waals surface area contributed by atoms with Crippen molar-refractivity contribution >= 4 is 32.6 Å². The maximum atomic E-state index is 13.3. The van der Waals surface area contributed by atoms with Crippen molar-refractivity contribution < 1.29 is 9.53 Å². The molecule has 0 radical (unpaired) electrons. The number of carbonyl (C=O) groups excluding carboxylic acids is 1. The molecule has 3 heterocycles. The Labute approximate surface area is 174 Å². The number of hydrogen-bond acceptors (Lipinski definition) is 6. The lowest BCUT2D eigenvalue weighted by Gasteiger charge is -2.27. The number of anilines is 1. The van der Waals surface area contributed by atoms with Gasteiger partial charge in [-0.2, -0.15) is 5.10 Å². The fourth-order valence-electron chi connectivity index (χ4n) is 3.59. The van der Waals surface area contributed by atoms with Gasteiger partial charge in [-0.3, -0.25) is 19.3 Å². The predicted octanol–water partition coefficient (Wildman–Crippen LogP) is 3.02. The average molecular weight is 414 g/mol. The van der Waals surface area contributed by atoms with Crippen LogP contribution in [0.4, 0.5) is 5.13 Å². The molecule has 0 atom stereocenters. The van der Waals surface area contributed by atoms with Gasteiger partial charge < -0.3 is 4.74 Å². The van der Waals surface area contributed by atoms with E-state index in [0.29, 0.717) is 12.2 Å². The minimum Gasteiger partial charge on any atom is -0.379 e. The summed E-state index contributed by atoms with van der Waals surface area (Å²) in [6, 6.07) is 5.97. The second kappa shape index (κ2) is 8.61. The Hall–Kier alpha value is -2.29. The first-order valence-corrected chi connectivity index (χ1v) is 10.8. The summed E-state index contributed by atoms with van der Waals surface area (Å²) in [6.45, 7) is 9.19. The number of morpholine rings is 1. The Kier molecular flexibility index (Phi) is 5.94. The minimum absolute atomic E-state index is 0.0954. The Morgan fingerprint density at radius 3 is 2.66 bits per heavy atom. The zero-order valence-electron chi connectivity index (χ0n) is 17.2. The van der Waals surface area contributed by atoms with Crippen LogP contribution in [-0.2, 0) is 11.8 Å². The number of nitrogens with zero attached hydrogens (tertiary/aromatic N) is 5. The molecule has 0 bridgehead atoms. The van der Waals surface area contributed by atoms with Crippen molar-refractivity contribution in [3.63, 3.8) is 0 Å². The van der Waals surface area contributed by atoms with E-state index in [4.69, 9.17) is 9.72 Å². The predicted molar refractivity (Wildman–Crippen MR) is 116 cm³/mol. The molecule has 154 valence electrons. The van der Waals surface area contributed by atoms with Crippen LogP contribution in [0.1, 0.15) is 28.0 Å². The summed E-state index contributed by atoms with van der Waals surface area (Å²) in [5, 5.41) is 5.06. The number of benzene rings is 1. The number of ether oxygens (including phenoxy) is 1. The third-order valence-corrected chi connectivity index (χ3v) is 6.51. The summed E-state index contributed by atoms with van der Waals surface area (Å²) in [5.41, 5.74) is 3.75. The zero-order chi connectivity index (χ0) is 20.4. The molecule has 1 amide bonds. The lowest BCUT2D eigenvalue weighted by atomic mass is 10.1. The van der Waals surface area contributed by atoms with E-state index in [2.05, 4.69) is 36.0 Å². The van der Waals surface area contributed by atoms with Crippen LogP contribution in [0, 0.1) is 13.8 Å². The summed E-state index contributed by atoms with van der Waals surface area (Å²) in [4.78, 5) is 22.3. The standard InChI is InChI=1S/C21H27N5O2S/c1-15-5-6-16(2)19-18(15)22-21(29-19)26(20(27)17-7-10-24(3)23-17)9-4-8-25-11-13-28-14-12-25/h5-7,10H,4,8-9,11-14H2,1-3H3. The average Bonchev–Trinajstić information content (AvgIpc) is 3.36. The normalized spacial score (nSPS) is 15.1.